The molecular formula is C28H26N4O3S. The molecule has 0 atom stereocenters. The van der Waals surface area contributed by atoms with Crippen molar-refractivity contribution in [3.63, 3.8) is 0 Å². The maximum Gasteiger partial charge on any atom is 0.191 e. The van der Waals surface area contributed by atoms with E-state index in [1.807, 2.05) is 60.7 Å². The van der Waals surface area contributed by atoms with Crippen LogP contribution in [-0.4, -0.2) is 34.1 Å². The molecule has 0 bridgehead atoms. The van der Waals surface area contributed by atoms with Gasteiger partial charge in [-0.05, 0) is 48.4 Å². The van der Waals surface area contributed by atoms with Gasteiger partial charge in [0.15, 0.2) is 11.0 Å². The van der Waals surface area contributed by atoms with Gasteiger partial charge in [0, 0.05) is 18.2 Å². The molecule has 0 N–H and O–H groups in total. The number of benzene rings is 3. The molecule has 0 saturated carbocycles. The number of hydrogen-bond donors (Lipinski definition) is 0. The summed E-state index contributed by atoms with van der Waals surface area (Å²) in [7, 11) is 3.32. The quantitative estimate of drug-likeness (QED) is 0.214. The highest BCUT2D eigenvalue weighted by Crippen LogP contribution is 2.32. The molecule has 2 aromatic heterocycles. The van der Waals surface area contributed by atoms with E-state index in [0.717, 1.165) is 58.0 Å². The Morgan fingerprint density at radius 2 is 1.64 bits per heavy atom. The maximum absolute atomic E-state index is 5.61. The van der Waals surface area contributed by atoms with Crippen LogP contribution in [0, 0.1) is 0 Å². The molecule has 0 saturated heterocycles. The van der Waals surface area contributed by atoms with Gasteiger partial charge in [0.05, 0.1) is 25.5 Å². The van der Waals surface area contributed by atoms with E-state index < -0.39 is 0 Å². The molecule has 8 heteroatoms. The Morgan fingerprint density at radius 3 is 2.42 bits per heavy atom. The number of thioether (sulfide) groups is 1. The van der Waals surface area contributed by atoms with Crippen LogP contribution < -0.4 is 9.47 Å². The molecule has 0 unspecified atom stereocenters. The van der Waals surface area contributed by atoms with Crippen molar-refractivity contribution in [1.29, 1.82) is 0 Å². The number of methoxy groups -OCH3 is 2. The Labute approximate surface area is 214 Å². The number of para-hydroxylation sites is 1. The maximum atomic E-state index is 5.61. The summed E-state index contributed by atoms with van der Waals surface area (Å²) in [6.45, 7) is 0.736. The highest BCUT2D eigenvalue weighted by atomic mass is 32.2. The van der Waals surface area contributed by atoms with Crippen LogP contribution in [0.4, 0.5) is 0 Å². The van der Waals surface area contributed by atoms with Gasteiger partial charge < -0.3 is 18.6 Å². The first-order valence-electron chi connectivity index (χ1n) is 11.6. The van der Waals surface area contributed by atoms with Crippen LogP contribution in [0.2, 0.25) is 0 Å². The number of rotatable bonds is 10. The Balaban J connectivity index is 1.37. The molecule has 0 aliphatic heterocycles. The summed E-state index contributed by atoms with van der Waals surface area (Å²) in [6, 6.07) is 28.0. The van der Waals surface area contributed by atoms with Gasteiger partial charge in [-0.25, -0.2) is 0 Å². The highest BCUT2D eigenvalue weighted by molar-refractivity contribution is 7.98. The number of aromatic nitrogens is 4. The summed E-state index contributed by atoms with van der Waals surface area (Å²) in [5.41, 5.74) is 3.93. The third-order valence-electron chi connectivity index (χ3n) is 5.82. The summed E-state index contributed by atoms with van der Waals surface area (Å²) in [5.74, 6) is 3.70. The first-order chi connectivity index (χ1) is 17.7. The highest BCUT2D eigenvalue weighted by Gasteiger charge is 2.18. The number of aryl methyl sites for hydroxylation is 1. The minimum Gasteiger partial charge on any atom is -0.497 e. The van der Waals surface area contributed by atoms with Gasteiger partial charge in [-0.1, -0.05) is 59.4 Å². The van der Waals surface area contributed by atoms with E-state index in [1.165, 1.54) is 5.56 Å². The molecule has 36 heavy (non-hydrogen) atoms. The van der Waals surface area contributed by atoms with E-state index in [9.17, 15) is 0 Å². The number of nitrogens with zero attached hydrogens (tertiary/aromatic N) is 4. The van der Waals surface area contributed by atoms with Gasteiger partial charge in [-0.15, -0.1) is 10.2 Å². The van der Waals surface area contributed by atoms with Crippen molar-refractivity contribution in [2.45, 2.75) is 23.9 Å². The molecule has 0 radical (unpaired) electrons. The fourth-order valence-corrected chi connectivity index (χ4v) is 4.77. The van der Waals surface area contributed by atoms with Gasteiger partial charge in [0.25, 0.3) is 0 Å². The fraction of sp³-hybridized carbons (Fsp3) is 0.179. The molecule has 0 aliphatic rings. The second-order valence-electron chi connectivity index (χ2n) is 8.09. The van der Waals surface area contributed by atoms with E-state index in [4.69, 9.17) is 14.0 Å². The van der Waals surface area contributed by atoms with Crippen LogP contribution in [-0.2, 0) is 18.7 Å². The fourth-order valence-electron chi connectivity index (χ4n) is 3.93. The zero-order valence-corrected chi connectivity index (χ0v) is 20.9. The van der Waals surface area contributed by atoms with Crippen LogP contribution in [0.25, 0.3) is 22.6 Å². The Hall–Kier alpha value is -4.04. The normalized spacial score (nSPS) is 10.9. The van der Waals surface area contributed by atoms with Gasteiger partial charge in [-0.3, -0.25) is 0 Å². The SMILES string of the molecule is COc1ccc(-c2cc(CSc3nnc(-c4ccccc4OC)n3CCc3ccccc3)on2)cc1. The predicted molar refractivity (Wildman–Crippen MR) is 140 cm³/mol. The van der Waals surface area contributed by atoms with Crippen molar-refractivity contribution in [1.82, 2.24) is 19.9 Å². The standard InChI is InChI=1S/C28H26N4O3S/c1-33-22-14-12-21(13-15-22)25-18-23(35-31-25)19-36-28-30-29-27(24-10-6-7-11-26(24)34-2)32(28)17-16-20-8-4-3-5-9-20/h3-15,18H,16-17,19H2,1-2H3. The lowest BCUT2D eigenvalue weighted by Gasteiger charge is -2.12. The Bertz CT molecular complexity index is 1410. The number of ether oxygens (including phenoxy) is 2. The first kappa shape index (κ1) is 23.7. The summed E-state index contributed by atoms with van der Waals surface area (Å²) in [5, 5.41) is 14.1. The molecule has 5 aromatic rings. The lowest BCUT2D eigenvalue weighted by molar-refractivity contribution is 0.397. The molecule has 0 spiro atoms. The average molecular weight is 499 g/mol. The summed E-state index contributed by atoms with van der Waals surface area (Å²) < 4.78 is 18.6. The number of hydrogen-bond acceptors (Lipinski definition) is 7. The van der Waals surface area contributed by atoms with Crippen LogP contribution >= 0.6 is 11.8 Å². The van der Waals surface area contributed by atoms with E-state index in [1.54, 1.807) is 26.0 Å². The van der Waals surface area contributed by atoms with Crippen LogP contribution in [0.1, 0.15) is 11.3 Å². The Kier molecular flexibility index (Phi) is 7.33. The molecule has 7 nitrogen and oxygen atoms in total. The van der Waals surface area contributed by atoms with Crippen molar-refractivity contribution >= 4 is 11.8 Å². The smallest absolute Gasteiger partial charge is 0.191 e. The lowest BCUT2D eigenvalue weighted by atomic mass is 10.1. The van der Waals surface area contributed by atoms with Crippen LogP contribution in [0.3, 0.4) is 0 Å². The summed E-state index contributed by atoms with van der Waals surface area (Å²) >= 11 is 1.57. The summed E-state index contributed by atoms with van der Waals surface area (Å²) in [6.07, 6.45) is 0.860. The minimum atomic E-state index is 0.582. The van der Waals surface area contributed by atoms with Gasteiger partial charge in [-0.2, -0.15) is 0 Å². The minimum absolute atomic E-state index is 0.582. The first-order valence-corrected chi connectivity index (χ1v) is 12.6. The Morgan fingerprint density at radius 1 is 0.861 bits per heavy atom. The van der Waals surface area contributed by atoms with Crippen LogP contribution in [0.15, 0.2) is 94.6 Å². The second-order valence-corrected chi connectivity index (χ2v) is 9.03. The molecule has 2 heterocycles. The molecule has 0 amide bonds. The van der Waals surface area contributed by atoms with Crippen molar-refractivity contribution in [3.05, 3.63) is 96.3 Å². The topological polar surface area (TPSA) is 75.2 Å². The molecule has 3 aromatic carbocycles. The zero-order chi connectivity index (χ0) is 24.7. The third-order valence-corrected chi connectivity index (χ3v) is 6.81. The average Bonchev–Trinajstić information content (AvgIpc) is 3.58. The van der Waals surface area contributed by atoms with Crippen molar-refractivity contribution in [3.8, 4) is 34.1 Å². The third kappa shape index (κ3) is 5.28. The van der Waals surface area contributed by atoms with E-state index in [0.29, 0.717) is 5.75 Å². The second kappa shape index (κ2) is 11.1. The predicted octanol–water partition coefficient (Wildman–Crippen LogP) is 6.15. The molecule has 0 aliphatic carbocycles. The van der Waals surface area contributed by atoms with Crippen molar-refractivity contribution in [2.24, 2.45) is 0 Å². The van der Waals surface area contributed by atoms with Crippen molar-refractivity contribution < 1.29 is 14.0 Å². The van der Waals surface area contributed by atoms with E-state index in [2.05, 4.69) is 44.2 Å². The molecule has 182 valence electrons. The zero-order valence-electron chi connectivity index (χ0n) is 20.1. The van der Waals surface area contributed by atoms with Crippen molar-refractivity contribution in [2.75, 3.05) is 14.2 Å². The summed E-state index contributed by atoms with van der Waals surface area (Å²) in [4.78, 5) is 0. The van der Waals surface area contributed by atoms with E-state index in [-0.39, 0.29) is 0 Å². The van der Waals surface area contributed by atoms with Crippen LogP contribution in [0.5, 0.6) is 11.5 Å². The largest absolute Gasteiger partial charge is 0.497 e. The van der Waals surface area contributed by atoms with Gasteiger partial charge in [0.1, 0.15) is 23.0 Å². The molecule has 0 fully saturated rings. The molecular weight excluding hydrogens is 472 g/mol. The monoisotopic (exact) mass is 498 g/mol. The lowest BCUT2D eigenvalue weighted by Crippen LogP contribution is -2.06. The van der Waals surface area contributed by atoms with Gasteiger partial charge >= 0.3 is 0 Å². The van der Waals surface area contributed by atoms with E-state index >= 15 is 0 Å². The molecule has 5 rings (SSSR count). The van der Waals surface area contributed by atoms with Gasteiger partial charge in [0.2, 0.25) is 0 Å².